The number of nitrogens with one attached hydrogen (secondary N) is 2. The molecule has 2 rings (SSSR count). The van der Waals surface area contributed by atoms with Crippen LogP contribution in [0.2, 0.25) is 0 Å². The Morgan fingerprint density at radius 2 is 2.11 bits per heavy atom. The predicted octanol–water partition coefficient (Wildman–Crippen LogP) is 2.35. The largest absolute Gasteiger partial charge is 0.382 e. The van der Waals surface area contributed by atoms with Crippen LogP contribution >= 0.6 is 35.3 Å². The third kappa shape index (κ3) is 9.84. The van der Waals surface area contributed by atoms with Crippen molar-refractivity contribution in [3.63, 3.8) is 0 Å². The molecule has 0 bridgehead atoms. The SMILES string of the molecule is CCNC(=NCC(c1cccs1)N1CCOCC1)NCCCOCCOC.I. The highest BCUT2D eigenvalue weighted by Crippen LogP contribution is 2.26. The van der Waals surface area contributed by atoms with Crippen LogP contribution in [0.15, 0.2) is 22.5 Å². The van der Waals surface area contributed by atoms with Crippen molar-refractivity contribution < 1.29 is 14.2 Å². The number of aliphatic imine (C=N–C) groups is 1. The average Bonchev–Trinajstić information content (AvgIpc) is 3.22. The smallest absolute Gasteiger partial charge is 0.191 e. The zero-order valence-electron chi connectivity index (χ0n) is 17.0. The second-order valence-corrected chi connectivity index (χ2v) is 7.26. The molecule has 28 heavy (non-hydrogen) atoms. The van der Waals surface area contributed by atoms with Gasteiger partial charge in [-0.3, -0.25) is 9.89 Å². The van der Waals surface area contributed by atoms with E-state index in [1.165, 1.54) is 4.88 Å². The number of guanidine groups is 1. The standard InChI is InChI=1S/C19H34N4O3S.HI/c1-3-20-19(21-7-5-10-25-14-13-24-2)22-16-17(18-6-4-15-27-18)23-8-11-26-12-9-23;/h4,6,15,17H,3,5,7-14,16H2,1-2H3,(H2,20,21,22);1H. The van der Waals surface area contributed by atoms with E-state index in [0.717, 1.165) is 64.9 Å². The Balaban J connectivity index is 0.00000392. The summed E-state index contributed by atoms with van der Waals surface area (Å²) >= 11 is 1.80. The van der Waals surface area contributed by atoms with Gasteiger partial charge >= 0.3 is 0 Å². The third-order valence-electron chi connectivity index (χ3n) is 4.31. The first-order valence-corrected chi connectivity index (χ1v) is 10.7. The van der Waals surface area contributed by atoms with Gasteiger partial charge in [0.1, 0.15) is 0 Å². The fraction of sp³-hybridized carbons (Fsp3) is 0.737. The minimum Gasteiger partial charge on any atom is -0.382 e. The zero-order valence-corrected chi connectivity index (χ0v) is 20.2. The van der Waals surface area contributed by atoms with E-state index in [1.54, 1.807) is 18.4 Å². The van der Waals surface area contributed by atoms with Gasteiger partial charge in [0, 0.05) is 44.8 Å². The van der Waals surface area contributed by atoms with Gasteiger partial charge in [-0.15, -0.1) is 35.3 Å². The second-order valence-electron chi connectivity index (χ2n) is 6.28. The summed E-state index contributed by atoms with van der Waals surface area (Å²) in [6.45, 7) is 10.0. The van der Waals surface area contributed by atoms with Crippen molar-refractivity contribution in [2.24, 2.45) is 4.99 Å². The van der Waals surface area contributed by atoms with Crippen molar-refractivity contribution in [3.05, 3.63) is 22.4 Å². The van der Waals surface area contributed by atoms with E-state index >= 15 is 0 Å². The lowest BCUT2D eigenvalue weighted by Gasteiger charge is -2.33. The van der Waals surface area contributed by atoms with Crippen LogP contribution in [-0.4, -0.2) is 83.7 Å². The van der Waals surface area contributed by atoms with Gasteiger partial charge in [0.05, 0.1) is 39.0 Å². The van der Waals surface area contributed by atoms with Gasteiger partial charge in [-0.1, -0.05) is 6.07 Å². The second kappa shape index (κ2) is 16.3. The summed E-state index contributed by atoms with van der Waals surface area (Å²) in [6, 6.07) is 4.63. The summed E-state index contributed by atoms with van der Waals surface area (Å²) in [7, 11) is 1.68. The summed E-state index contributed by atoms with van der Waals surface area (Å²) in [5.74, 6) is 0.865. The first kappa shape index (κ1) is 25.6. The quantitative estimate of drug-likeness (QED) is 0.189. The molecule has 0 amide bonds. The van der Waals surface area contributed by atoms with E-state index in [-0.39, 0.29) is 24.0 Å². The number of methoxy groups -OCH3 is 1. The fourth-order valence-electron chi connectivity index (χ4n) is 2.90. The van der Waals surface area contributed by atoms with Gasteiger partial charge in [0.15, 0.2) is 5.96 Å². The Kier molecular flexibility index (Phi) is 14.9. The van der Waals surface area contributed by atoms with Gasteiger partial charge in [-0.2, -0.15) is 0 Å². The van der Waals surface area contributed by atoms with Gasteiger partial charge in [0.25, 0.3) is 0 Å². The molecule has 0 aliphatic carbocycles. The van der Waals surface area contributed by atoms with E-state index < -0.39 is 0 Å². The summed E-state index contributed by atoms with van der Waals surface area (Å²) in [4.78, 5) is 8.69. The molecule has 1 unspecified atom stereocenters. The lowest BCUT2D eigenvalue weighted by atomic mass is 10.2. The molecule has 0 saturated carbocycles. The van der Waals surface area contributed by atoms with Crippen LogP contribution in [-0.2, 0) is 14.2 Å². The highest BCUT2D eigenvalue weighted by molar-refractivity contribution is 14.0. The molecule has 7 nitrogen and oxygen atoms in total. The number of morpholine rings is 1. The number of rotatable bonds is 12. The molecule has 0 aromatic carbocycles. The van der Waals surface area contributed by atoms with Gasteiger partial charge in [-0.25, -0.2) is 0 Å². The maximum absolute atomic E-state index is 5.51. The highest BCUT2D eigenvalue weighted by atomic mass is 127. The van der Waals surface area contributed by atoms with E-state index in [2.05, 4.69) is 40.0 Å². The highest BCUT2D eigenvalue weighted by Gasteiger charge is 2.23. The monoisotopic (exact) mass is 526 g/mol. The summed E-state index contributed by atoms with van der Waals surface area (Å²) in [6.07, 6.45) is 0.936. The molecule has 1 atom stereocenters. The molecule has 2 N–H and O–H groups in total. The van der Waals surface area contributed by atoms with E-state index in [4.69, 9.17) is 19.2 Å². The van der Waals surface area contributed by atoms with Gasteiger partial charge in [-0.05, 0) is 24.8 Å². The van der Waals surface area contributed by atoms with Gasteiger partial charge < -0.3 is 24.8 Å². The number of halogens is 1. The van der Waals surface area contributed by atoms with Crippen LogP contribution in [0.5, 0.6) is 0 Å². The fourth-order valence-corrected chi connectivity index (χ4v) is 3.75. The topological polar surface area (TPSA) is 67.4 Å². The molecule has 162 valence electrons. The number of hydrogen-bond acceptors (Lipinski definition) is 6. The number of thiophene rings is 1. The summed E-state index contributed by atoms with van der Waals surface area (Å²) < 4.78 is 16.0. The van der Waals surface area contributed by atoms with E-state index in [9.17, 15) is 0 Å². The molecule has 0 spiro atoms. The average molecular weight is 526 g/mol. The van der Waals surface area contributed by atoms with Crippen molar-refractivity contribution >= 4 is 41.3 Å². The van der Waals surface area contributed by atoms with E-state index in [1.807, 2.05) is 0 Å². The van der Waals surface area contributed by atoms with Crippen molar-refractivity contribution in [2.45, 2.75) is 19.4 Å². The maximum atomic E-state index is 5.51. The van der Waals surface area contributed by atoms with E-state index in [0.29, 0.717) is 19.3 Å². The molecular formula is C19H35IN4O3S. The molecule has 1 fully saturated rings. The van der Waals surface area contributed by atoms with Crippen LogP contribution in [0.3, 0.4) is 0 Å². The molecule has 1 aromatic heterocycles. The normalized spacial score (nSPS) is 16.4. The van der Waals surface area contributed by atoms with Crippen LogP contribution in [0.1, 0.15) is 24.3 Å². The minimum absolute atomic E-state index is 0. The Morgan fingerprint density at radius 1 is 1.29 bits per heavy atom. The molecule has 1 aromatic rings. The number of hydrogen-bond donors (Lipinski definition) is 2. The molecule has 1 aliphatic rings. The lowest BCUT2D eigenvalue weighted by Crippen LogP contribution is -2.41. The van der Waals surface area contributed by atoms with Crippen molar-refractivity contribution in [1.29, 1.82) is 0 Å². The van der Waals surface area contributed by atoms with Crippen molar-refractivity contribution in [1.82, 2.24) is 15.5 Å². The van der Waals surface area contributed by atoms with Crippen LogP contribution in [0, 0.1) is 0 Å². The summed E-state index contributed by atoms with van der Waals surface area (Å²) in [5.41, 5.74) is 0. The predicted molar refractivity (Wildman–Crippen MR) is 126 cm³/mol. The zero-order chi connectivity index (χ0) is 19.2. The minimum atomic E-state index is 0. The molecule has 1 aliphatic heterocycles. The van der Waals surface area contributed by atoms with Gasteiger partial charge in [0.2, 0.25) is 0 Å². The maximum Gasteiger partial charge on any atom is 0.191 e. The van der Waals surface area contributed by atoms with Crippen molar-refractivity contribution in [3.8, 4) is 0 Å². The van der Waals surface area contributed by atoms with Crippen LogP contribution < -0.4 is 10.6 Å². The Hall–Kier alpha value is -0.460. The molecule has 0 radical (unpaired) electrons. The molecule has 1 saturated heterocycles. The summed E-state index contributed by atoms with van der Waals surface area (Å²) in [5, 5.41) is 8.88. The Morgan fingerprint density at radius 3 is 2.79 bits per heavy atom. The molecule has 9 heteroatoms. The lowest BCUT2D eigenvalue weighted by molar-refractivity contribution is 0.0186. The Bertz CT molecular complexity index is 513. The Labute approximate surface area is 190 Å². The number of nitrogens with zero attached hydrogens (tertiary/aromatic N) is 2. The molecule has 2 heterocycles. The number of ether oxygens (including phenoxy) is 3. The van der Waals surface area contributed by atoms with Crippen LogP contribution in [0.25, 0.3) is 0 Å². The molecular weight excluding hydrogens is 491 g/mol. The third-order valence-corrected chi connectivity index (χ3v) is 5.29. The van der Waals surface area contributed by atoms with Crippen LogP contribution in [0.4, 0.5) is 0 Å². The first-order chi connectivity index (χ1) is 13.3. The first-order valence-electron chi connectivity index (χ1n) is 9.79. The van der Waals surface area contributed by atoms with Crippen molar-refractivity contribution in [2.75, 3.05) is 72.9 Å².